The highest BCUT2D eigenvalue weighted by Crippen LogP contribution is 2.21. The van der Waals surface area contributed by atoms with Crippen LogP contribution in [0, 0.1) is 5.41 Å². The molecule has 18 heavy (non-hydrogen) atoms. The van der Waals surface area contributed by atoms with E-state index in [-0.39, 0.29) is 23.4 Å². The van der Waals surface area contributed by atoms with E-state index in [2.05, 4.69) is 34.6 Å². The van der Waals surface area contributed by atoms with Crippen molar-refractivity contribution in [3.05, 3.63) is 0 Å². The Morgan fingerprint density at radius 2 is 1.94 bits per heavy atom. The Hall–Kier alpha value is -0.610. The average molecular weight is 258 g/mol. The van der Waals surface area contributed by atoms with Crippen molar-refractivity contribution in [2.45, 2.75) is 59.5 Å². The second-order valence-corrected chi connectivity index (χ2v) is 6.01. The van der Waals surface area contributed by atoms with Gasteiger partial charge in [-0.25, -0.2) is 0 Å². The van der Waals surface area contributed by atoms with E-state index < -0.39 is 0 Å². The van der Waals surface area contributed by atoms with Crippen molar-refractivity contribution in [3.8, 4) is 0 Å². The molecule has 0 saturated heterocycles. The van der Waals surface area contributed by atoms with Crippen LogP contribution in [0.5, 0.6) is 0 Å². The molecule has 0 aliphatic rings. The summed E-state index contributed by atoms with van der Waals surface area (Å²) >= 11 is 0. The third-order valence-electron chi connectivity index (χ3n) is 3.49. The highest BCUT2D eigenvalue weighted by atomic mass is 16.5. The molecule has 0 rings (SSSR count). The summed E-state index contributed by atoms with van der Waals surface area (Å²) in [5.74, 6) is 0.129. The van der Waals surface area contributed by atoms with Crippen molar-refractivity contribution in [1.29, 1.82) is 0 Å². The van der Waals surface area contributed by atoms with Crippen molar-refractivity contribution >= 4 is 5.91 Å². The summed E-state index contributed by atoms with van der Waals surface area (Å²) < 4.78 is 5.06. The standard InChI is InChI=1S/C14H30N2O2/c1-7-11(2)16(8-9-18-6)13(17)10-12(15)14(3,4)5/h11-12H,7-10,15H2,1-6H3. The molecule has 108 valence electrons. The Bertz CT molecular complexity index is 249. The number of hydrogen-bond acceptors (Lipinski definition) is 3. The van der Waals surface area contributed by atoms with Crippen LogP contribution in [-0.4, -0.2) is 43.2 Å². The van der Waals surface area contributed by atoms with Gasteiger partial charge in [0, 0.05) is 32.2 Å². The Kier molecular flexibility index (Phi) is 7.48. The molecule has 2 N–H and O–H groups in total. The highest BCUT2D eigenvalue weighted by Gasteiger charge is 2.27. The van der Waals surface area contributed by atoms with Crippen molar-refractivity contribution in [3.63, 3.8) is 0 Å². The first-order chi connectivity index (χ1) is 8.23. The third kappa shape index (κ3) is 5.83. The first-order valence-electron chi connectivity index (χ1n) is 6.78. The lowest BCUT2D eigenvalue weighted by atomic mass is 9.85. The summed E-state index contributed by atoms with van der Waals surface area (Å²) in [7, 11) is 1.65. The van der Waals surface area contributed by atoms with Gasteiger partial charge >= 0.3 is 0 Å². The van der Waals surface area contributed by atoms with Crippen molar-refractivity contribution in [2.75, 3.05) is 20.3 Å². The molecule has 0 aromatic heterocycles. The number of nitrogens with zero attached hydrogens (tertiary/aromatic N) is 1. The van der Waals surface area contributed by atoms with Crippen LogP contribution in [0.4, 0.5) is 0 Å². The lowest BCUT2D eigenvalue weighted by Gasteiger charge is -2.32. The van der Waals surface area contributed by atoms with E-state index in [0.717, 1.165) is 6.42 Å². The summed E-state index contributed by atoms with van der Waals surface area (Å²) in [6.07, 6.45) is 1.35. The summed E-state index contributed by atoms with van der Waals surface area (Å²) in [5.41, 5.74) is 6.04. The largest absolute Gasteiger partial charge is 0.383 e. The number of hydrogen-bond donors (Lipinski definition) is 1. The summed E-state index contributed by atoms with van der Waals surface area (Å²) in [6.45, 7) is 11.6. The van der Waals surface area contributed by atoms with E-state index >= 15 is 0 Å². The highest BCUT2D eigenvalue weighted by molar-refractivity contribution is 5.77. The van der Waals surface area contributed by atoms with Gasteiger partial charge in [-0.1, -0.05) is 27.7 Å². The lowest BCUT2D eigenvalue weighted by molar-refractivity contribution is -0.135. The molecule has 4 heteroatoms. The topological polar surface area (TPSA) is 55.6 Å². The van der Waals surface area contributed by atoms with Crippen LogP contribution in [0.15, 0.2) is 0 Å². The third-order valence-corrected chi connectivity index (χ3v) is 3.49. The Morgan fingerprint density at radius 1 is 1.39 bits per heavy atom. The van der Waals surface area contributed by atoms with Gasteiger partial charge in [0.1, 0.15) is 0 Å². The second-order valence-electron chi connectivity index (χ2n) is 6.01. The SMILES string of the molecule is CCC(C)N(CCOC)C(=O)CC(N)C(C)(C)C. The van der Waals surface area contributed by atoms with Crippen LogP contribution in [0.2, 0.25) is 0 Å². The van der Waals surface area contributed by atoms with Crippen LogP contribution in [0.3, 0.4) is 0 Å². The maximum absolute atomic E-state index is 12.3. The van der Waals surface area contributed by atoms with Crippen LogP contribution in [0.1, 0.15) is 47.5 Å². The monoisotopic (exact) mass is 258 g/mol. The minimum atomic E-state index is -0.112. The number of carbonyl (C=O) groups excluding carboxylic acids is 1. The zero-order chi connectivity index (χ0) is 14.3. The predicted octanol–water partition coefficient (Wildman–Crippen LogP) is 2.02. The molecule has 2 unspecified atom stereocenters. The van der Waals surface area contributed by atoms with Gasteiger partial charge in [-0.3, -0.25) is 4.79 Å². The molecule has 0 radical (unpaired) electrons. The minimum absolute atomic E-state index is 0.0436. The number of carbonyl (C=O) groups is 1. The van der Waals surface area contributed by atoms with Gasteiger partial charge < -0.3 is 15.4 Å². The molecule has 0 heterocycles. The summed E-state index contributed by atoms with van der Waals surface area (Å²) in [6, 6.07) is 0.124. The summed E-state index contributed by atoms with van der Waals surface area (Å²) in [4.78, 5) is 14.2. The van der Waals surface area contributed by atoms with E-state index in [1.165, 1.54) is 0 Å². The van der Waals surface area contributed by atoms with E-state index in [9.17, 15) is 4.79 Å². The van der Waals surface area contributed by atoms with E-state index in [1.807, 2.05) is 4.90 Å². The van der Waals surface area contributed by atoms with Gasteiger partial charge in [0.15, 0.2) is 0 Å². The fourth-order valence-electron chi connectivity index (χ4n) is 1.61. The van der Waals surface area contributed by atoms with E-state index in [4.69, 9.17) is 10.5 Å². The molecule has 0 fully saturated rings. The van der Waals surface area contributed by atoms with Gasteiger partial charge in [0.2, 0.25) is 5.91 Å². The molecule has 1 amide bonds. The number of rotatable bonds is 7. The number of nitrogens with two attached hydrogens (primary N) is 1. The predicted molar refractivity (Wildman–Crippen MR) is 75.4 cm³/mol. The lowest BCUT2D eigenvalue weighted by Crippen LogP contribution is -2.45. The fourth-order valence-corrected chi connectivity index (χ4v) is 1.61. The zero-order valence-corrected chi connectivity index (χ0v) is 12.8. The molecule has 2 atom stereocenters. The van der Waals surface area contributed by atoms with Crippen LogP contribution in [-0.2, 0) is 9.53 Å². The van der Waals surface area contributed by atoms with Gasteiger partial charge in [0.25, 0.3) is 0 Å². The maximum atomic E-state index is 12.3. The van der Waals surface area contributed by atoms with Crippen LogP contribution < -0.4 is 5.73 Å². The van der Waals surface area contributed by atoms with E-state index in [0.29, 0.717) is 19.6 Å². The zero-order valence-electron chi connectivity index (χ0n) is 12.8. The van der Waals surface area contributed by atoms with Crippen LogP contribution in [0.25, 0.3) is 0 Å². The Labute approximate surface area is 112 Å². The van der Waals surface area contributed by atoms with Crippen LogP contribution >= 0.6 is 0 Å². The molecule has 0 aromatic carbocycles. The van der Waals surface area contributed by atoms with E-state index in [1.54, 1.807) is 7.11 Å². The molecule has 0 aromatic rings. The molecule has 0 spiro atoms. The maximum Gasteiger partial charge on any atom is 0.224 e. The smallest absolute Gasteiger partial charge is 0.224 e. The van der Waals surface area contributed by atoms with Gasteiger partial charge in [-0.05, 0) is 18.8 Å². The minimum Gasteiger partial charge on any atom is -0.383 e. The Morgan fingerprint density at radius 3 is 2.33 bits per heavy atom. The molecular formula is C14H30N2O2. The first kappa shape index (κ1) is 17.4. The average Bonchev–Trinajstić information content (AvgIpc) is 2.27. The molecule has 0 saturated carbocycles. The number of methoxy groups -OCH3 is 1. The second kappa shape index (κ2) is 7.74. The number of ether oxygens (including phenoxy) is 1. The van der Waals surface area contributed by atoms with Gasteiger partial charge in [-0.2, -0.15) is 0 Å². The fraction of sp³-hybridized carbons (Fsp3) is 0.929. The molecule has 0 bridgehead atoms. The number of amides is 1. The van der Waals surface area contributed by atoms with Crippen molar-refractivity contribution in [1.82, 2.24) is 4.90 Å². The first-order valence-corrected chi connectivity index (χ1v) is 6.78. The quantitative estimate of drug-likeness (QED) is 0.760. The van der Waals surface area contributed by atoms with Gasteiger partial charge in [-0.15, -0.1) is 0 Å². The molecule has 4 nitrogen and oxygen atoms in total. The van der Waals surface area contributed by atoms with Crippen molar-refractivity contribution < 1.29 is 9.53 Å². The molecular weight excluding hydrogens is 228 g/mol. The Balaban J connectivity index is 4.55. The normalized spacial score (nSPS) is 15.3. The van der Waals surface area contributed by atoms with Crippen molar-refractivity contribution in [2.24, 2.45) is 11.1 Å². The van der Waals surface area contributed by atoms with Gasteiger partial charge in [0.05, 0.1) is 6.61 Å². The molecule has 0 aliphatic carbocycles. The summed E-state index contributed by atoms with van der Waals surface area (Å²) in [5, 5.41) is 0. The molecule has 0 aliphatic heterocycles.